The first-order chi connectivity index (χ1) is 30.2. The molecule has 0 fully saturated rings. The molecule has 61 heavy (non-hydrogen) atoms. The molecule has 0 N–H and O–H groups in total. The van der Waals surface area contributed by atoms with Crippen molar-refractivity contribution >= 4 is 10.8 Å². The fraction of sp³-hybridized carbons (Fsp3) is 0.0179. The fourth-order valence-corrected chi connectivity index (χ4v) is 9.33. The van der Waals surface area contributed by atoms with Crippen LogP contribution in [0.15, 0.2) is 212 Å². The second kappa shape index (κ2) is 14.0. The van der Waals surface area contributed by atoms with Crippen molar-refractivity contribution in [2.24, 2.45) is 0 Å². The van der Waals surface area contributed by atoms with E-state index < -0.39 is 5.41 Å². The van der Waals surface area contributed by atoms with Gasteiger partial charge in [-0.25, -0.2) is 15.0 Å². The van der Waals surface area contributed by atoms with E-state index in [4.69, 9.17) is 24.4 Å². The van der Waals surface area contributed by atoms with Gasteiger partial charge in [-0.2, -0.15) is 0 Å². The molecule has 0 spiro atoms. The Morgan fingerprint density at radius 2 is 0.902 bits per heavy atom. The first-order valence-corrected chi connectivity index (χ1v) is 20.5. The zero-order valence-corrected chi connectivity index (χ0v) is 32.9. The molecule has 1 aromatic heterocycles. The molecule has 10 aromatic rings. The third-order valence-corrected chi connectivity index (χ3v) is 12.1. The third-order valence-electron chi connectivity index (χ3n) is 12.1. The van der Waals surface area contributed by atoms with Gasteiger partial charge in [-0.1, -0.05) is 188 Å². The van der Waals surface area contributed by atoms with Gasteiger partial charge in [-0.3, -0.25) is 0 Å². The van der Waals surface area contributed by atoms with Crippen LogP contribution >= 0.6 is 0 Å². The van der Waals surface area contributed by atoms with Crippen molar-refractivity contribution in [2.45, 2.75) is 5.41 Å². The number of fused-ring (bicyclic) bond motifs is 7. The van der Waals surface area contributed by atoms with Crippen molar-refractivity contribution in [1.29, 1.82) is 0 Å². The Morgan fingerprint density at radius 1 is 0.328 bits per heavy atom. The highest BCUT2D eigenvalue weighted by Gasteiger charge is 2.48. The van der Waals surface area contributed by atoms with Crippen molar-refractivity contribution in [3.63, 3.8) is 0 Å². The minimum atomic E-state index is -0.553. The van der Waals surface area contributed by atoms with Crippen LogP contribution in [-0.2, 0) is 5.41 Å². The van der Waals surface area contributed by atoms with Crippen LogP contribution in [0.3, 0.4) is 0 Å². The van der Waals surface area contributed by atoms with E-state index in [0.717, 1.165) is 55.3 Å². The molecule has 9 aromatic carbocycles. The second-order valence-electron chi connectivity index (χ2n) is 15.5. The number of nitrogens with zero attached hydrogens (tertiary/aromatic N) is 3. The summed E-state index contributed by atoms with van der Waals surface area (Å²) in [6.45, 7) is 0. The summed E-state index contributed by atoms with van der Waals surface area (Å²) >= 11 is 0. The normalized spacial score (nSPS) is 13.0. The molecule has 0 bridgehead atoms. The van der Waals surface area contributed by atoms with Crippen LogP contribution in [0.2, 0.25) is 0 Å². The maximum Gasteiger partial charge on any atom is 0.178 e. The lowest BCUT2D eigenvalue weighted by molar-refractivity contribution is 0.360. The number of hydrogen-bond donors (Lipinski definition) is 0. The molecule has 286 valence electrons. The van der Waals surface area contributed by atoms with Crippen molar-refractivity contribution in [2.75, 3.05) is 0 Å². The average Bonchev–Trinajstić information content (AvgIpc) is 3.65. The Kier molecular flexibility index (Phi) is 8.00. The SMILES string of the molecule is c1ccc(-c2nc(-c3ccc4ccccc4c3)nc(-c3ccccc3-c3ccc4c(c3)Oc3c(ccc5c3-c3ccccc3C5(c3ccccc3)c3ccccc3)O4)n2)cc1. The van der Waals surface area contributed by atoms with Crippen molar-refractivity contribution in [3.05, 3.63) is 235 Å². The van der Waals surface area contributed by atoms with Crippen molar-refractivity contribution in [1.82, 2.24) is 15.0 Å². The van der Waals surface area contributed by atoms with E-state index in [0.29, 0.717) is 40.5 Å². The Balaban J connectivity index is 0.990. The standard InChI is InChI=1S/C56H35N3O2/c1-4-17-37(18-5-1)53-57-54(40-29-28-36-16-10-11-19-38(36)34-40)59-55(58-53)44-25-13-12-24-43(44)39-30-32-48-50(35-39)61-52-49(60-48)33-31-47-51(52)45-26-14-15-27-46(45)56(47,41-20-6-2-7-21-41)42-22-8-3-9-23-42/h1-35H. The van der Waals surface area contributed by atoms with Crippen molar-refractivity contribution < 1.29 is 9.47 Å². The Bertz CT molecular complexity index is 3270. The topological polar surface area (TPSA) is 57.1 Å². The number of aromatic nitrogens is 3. The molecule has 1 aliphatic heterocycles. The van der Waals surface area contributed by atoms with Gasteiger partial charge in [0.2, 0.25) is 0 Å². The molecule has 0 saturated heterocycles. The lowest BCUT2D eigenvalue weighted by Crippen LogP contribution is -2.28. The van der Waals surface area contributed by atoms with E-state index in [1.54, 1.807) is 0 Å². The van der Waals surface area contributed by atoms with Gasteiger partial charge in [-0.05, 0) is 74.0 Å². The van der Waals surface area contributed by atoms with Crippen LogP contribution in [0, 0.1) is 0 Å². The predicted molar refractivity (Wildman–Crippen MR) is 243 cm³/mol. The maximum atomic E-state index is 7.07. The molecule has 0 radical (unpaired) electrons. The summed E-state index contributed by atoms with van der Waals surface area (Å²) in [7, 11) is 0. The minimum Gasteiger partial charge on any atom is -0.449 e. The fourth-order valence-electron chi connectivity index (χ4n) is 9.33. The average molecular weight is 782 g/mol. The molecule has 2 aliphatic rings. The van der Waals surface area contributed by atoms with Crippen LogP contribution in [-0.4, -0.2) is 15.0 Å². The van der Waals surface area contributed by atoms with Gasteiger partial charge in [0.15, 0.2) is 40.5 Å². The summed E-state index contributed by atoms with van der Waals surface area (Å²) in [6.07, 6.45) is 0. The highest BCUT2D eigenvalue weighted by atomic mass is 16.6. The van der Waals surface area contributed by atoms with Crippen LogP contribution in [0.5, 0.6) is 23.0 Å². The number of ether oxygens (including phenoxy) is 2. The summed E-state index contributed by atoms with van der Waals surface area (Å²) in [5.41, 5.74) is 11.0. The number of rotatable bonds is 6. The summed E-state index contributed by atoms with van der Waals surface area (Å²) < 4.78 is 13.8. The van der Waals surface area contributed by atoms with Gasteiger partial charge in [0.1, 0.15) is 0 Å². The molecule has 5 heteroatoms. The summed E-state index contributed by atoms with van der Waals surface area (Å²) in [5.74, 6) is 4.49. The largest absolute Gasteiger partial charge is 0.449 e. The maximum absolute atomic E-state index is 7.07. The molecular weight excluding hydrogens is 747 g/mol. The summed E-state index contributed by atoms with van der Waals surface area (Å²) in [4.78, 5) is 15.3. The quantitative estimate of drug-likeness (QED) is 0.168. The first-order valence-electron chi connectivity index (χ1n) is 20.5. The van der Waals surface area contributed by atoms with Gasteiger partial charge in [-0.15, -0.1) is 0 Å². The Hall–Kier alpha value is -8.15. The van der Waals surface area contributed by atoms with E-state index in [2.05, 4.69) is 164 Å². The summed E-state index contributed by atoms with van der Waals surface area (Å²) in [5, 5.41) is 2.29. The lowest BCUT2D eigenvalue weighted by atomic mass is 9.68. The van der Waals surface area contributed by atoms with Crippen molar-refractivity contribution in [3.8, 4) is 79.4 Å². The van der Waals surface area contributed by atoms with Gasteiger partial charge in [0.25, 0.3) is 0 Å². The zero-order valence-electron chi connectivity index (χ0n) is 32.9. The Morgan fingerprint density at radius 3 is 1.66 bits per heavy atom. The molecule has 5 nitrogen and oxygen atoms in total. The van der Waals surface area contributed by atoms with Gasteiger partial charge in [0.05, 0.1) is 5.41 Å². The smallest absolute Gasteiger partial charge is 0.178 e. The van der Waals surface area contributed by atoms with E-state index >= 15 is 0 Å². The van der Waals surface area contributed by atoms with Gasteiger partial charge >= 0.3 is 0 Å². The van der Waals surface area contributed by atoms with Crippen LogP contribution < -0.4 is 9.47 Å². The van der Waals surface area contributed by atoms with E-state index in [-0.39, 0.29) is 0 Å². The zero-order chi connectivity index (χ0) is 40.3. The molecule has 0 saturated carbocycles. The monoisotopic (exact) mass is 781 g/mol. The molecule has 0 amide bonds. The van der Waals surface area contributed by atoms with Gasteiger partial charge < -0.3 is 9.47 Å². The molecule has 0 atom stereocenters. The minimum absolute atomic E-state index is 0.553. The lowest BCUT2D eigenvalue weighted by Gasteiger charge is -2.34. The van der Waals surface area contributed by atoms with Crippen LogP contribution in [0.4, 0.5) is 0 Å². The van der Waals surface area contributed by atoms with E-state index in [1.807, 2.05) is 48.5 Å². The molecular formula is C56H35N3O2. The Labute approximate surface area is 353 Å². The summed E-state index contributed by atoms with van der Waals surface area (Å²) in [6, 6.07) is 73.7. The molecule has 0 unspecified atom stereocenters. The molecule has 2 heterocycles. The predicted octanol–water partition coefficient (Wildman–Crippen LogP) is 14.0. The van der Waals surface area contributed by atoms with E-state index in [1.165, 1.54) is 16.7 Å². The first kappa shape index (κ1) is 34.9. The second-order valence-corrected chi connectivity index (χ2v) is 15.5. The van der Waals surface area contributed by atoms with E-state index in [9.17, 15) is 0 Å². The van der Waals surface area contributed by atoms with Gasteiger partial charge in [0, 0.05) is 22.3 Å². The third kappa shape index (κ3) is 5.59. The highest BCUT2D eigenvalue weighted by Crippen LogP contribution is 2.62. The molecule has 1 aliphatic carbocycles. The highest BCUT2D eigenvalue weighted by molar-refractivity contribution is 5.92. The van der Waals surface area contributed by atoms with Crippen LogP contribution in [0.1, 0.15) is 22.3 Å². The molecule has 12 rings (SSSR count). The number of benzene rings is 9. The number of hydrogen-bond acceptors (Lipinski definition) is 5. The van der Waals surface area contributed by atoms with Crippen LogP contribution in [0.25, 0.3) is 67.2 Å².